The fourth-order valence-corrected chi connectivity index (χ4v) is 2.16. The zero-order chi connectivity index (χ0) is 12.5. The van der Waals surface area contributed by atoms with Crippen molar-refractivity contribution >= 4 is 11.7 Å². The summed E-state index contributed by atoms with van der Waals surface area (Å²) in [5.41, 5.74) is 0.884. The number of hydroxylamine groups is 2. The molecule has 2 amide bonds. The summed E-state index contributed by atoms with van der Waals surface area (Å²) in [7, 11) is 0. The summed E-state index contributed by atoms with van der Waals surface area (Å²) in [5.74, 6) is 0. The molecule has 1 aromatic heterocycles. The Labute approximate surface area is 104 Å². The molecule has 0 radical (unpaired) electrons. The average molecular weight is 247 g/mol. The quantitative estimate of drug-likeness (QED) is 0.720. The number of urea groups is 1. The Morgan fingerprint density at radius 2 is 2.28 bits per heavy atom. The maximum Gasteiger partial charge on any atom is 0.345 e. The molecule has 2 bridgehead atoms. The van der Waals surface area contributed by atoms with Gasteiger partial charge in [-0.1, -0.05) is 6.08 Å². The molecule has 94 valence electrons. The first-order valence-corrected chi connectivity index (χ1v) is 5.69. The third-order valence-electron chi connectivity index (χ3n) is 2.91. The third kappa shape index (κ3) is 1.68. The summed E-state index contributed by atoms with van der Waals surface area (Å²) in [5, 5.41) is 9.53. The van der Waals surface area contributed by atoms with Crippen LogP contribution in [0.15, 0.2) is 31.1 Å². The zero-order valence-corrected chi connectivity index (χ0v) is 9.77. The van der Waals surface area contributed by atoms with Crippen LogP contribution in [0.1, 0.15) is 0 Å². The van der Waals surface area contributed by atoms with Gasteiger partial charge in [0.1, 0.15) is 0 Å². The lowest BCUT2D eigenvalue weighted by Gasteiger charge is -2.20. The van der Waals surface area contributed by atoms with Crippen LogP contribution in [0.4, 0.5) is 4.79 Å². The number of carbonyl (C=O) groups is 1. The van der Waals surface area contributed by atoms with Crippen LogP contribution in [0.5, 0.6) is 0 Å². The summed E-state index contributed by atoms with van der Waals surface area (Å²) in [6, 6.07) is -0.215. The molecule has 0 saturated carbocycles. The molecule has 3 heterocycles. The van der Waals surface area contributed by atoms with Crippen LogP contribution in [0, 0.1) is 0 Å². The van der Waals surface area contributed by atoms with Crippen molar-refractivity contribution in [1.29, 1.82) is 0 Å². The topological polar surface area (TPSA) is 63.5 Å². The van der Waals surface area contributed by atoms with Crippen LogP contribution in [0.3, 0.4) is 0 Å². The Kier molecular flexibility index (Phi) is 2.60. The first kappa shape index (κ1) is 11.0. The van der Waals surface area contributed by atoms with Crippen molar-refractivity contribution in [3.8, 4) is 0 Å². The number of aromatic nitrogens is 3. The van der Waals surface area contributed by atoms with Gasteiger partial charge in [-0.15, -0.1) is 6.58 Å². The Morgan fingerprint density at radius 1 is 1.50 bits per heavy atom. The molecule has 7 nitrogen and oxygen atoms in total. The Hall–Kier alpha value is -2.15. The van der Waals surface area contributed by atoms with Crippen molar-refractivity contribution in [2.24, 2.45) is 0 Å². The van der Waals surface area contributed by atoms with Crippen molar-refractivity contribution in [3.05, 3.63) is 31.1 Å². The maximum absolute atomic E-state index is 12.0. The van der Waals surface area contributed by atoms with Crippen LogP contribution in [-0.2, 0) is 4.84 Å². The maximum atomic E-state index is 12.0. The second kappa shape index (κ2) is 4.26. The molecular weight excluding hydrogens is 234 g/mol. The fourth-order valence-electron chi connectivity index (χ4n) is 2.16. The minimum absolute atomic E-state index is 0.0906. The van der Waals surface area contributed by atoms with Crippen molar-refractivity contribution in [2.45, 2.75) is 6.04 Å². The molecule has 3 rings (SSSR count). The molecule has 2 aliphatic heterocycles. The van der Waals surface area contributed by atoms with Gasteiger partial charge in [-0.25, -0.2) is 4.79 Å². The molecule has 7 heteroatoms. The van der Waals surface area contributed by atoms with E-state index in [1.54, 1.807) is 23.4 Å². The van der Waals surface area contributed by atoms with Crippen molar-refractivity contribution in [2.75, 3.05) is 19.7 Å². The third-order valence-corrected chi connectivity index (χ3v) is 2.91. The van der Waals surface area contributed by atoms with E-state index in [1.165, 1.54) is 9.86 Å². The molecule has 1 unspecified atom stereocenters. The second-order valence-electron chi connectivity index (χ2n) is 4.12. The molecule has 18 heavy (non-hydrogen) atoms. The number of rotatable bonds is 4. The number of amides is 2. The highest BCUT2D eigenvalue weighted by Crippen LogP contribution is 2.25. The zero-order valence-electron chi connectivity index (χ0n) is 9.77. The second-order valence-corrected chi connectivity index (χ2v) is 4.12. The van der Waals surface area contributed by atoms with Gasteiger partial charge in [0.25, 0.3) is 0 Å². The molecule has 0 N–H and O–H groups in total. The predicted molar refractivity (Wildman–Crippen MR) is 63.0 cm³/mol. The lowest BCUT2D eigenvalue weighted by atomic mass is 10.2. The molecule has 0 spiro atoms. The summed E-state index contributed by atoms with van der Waals surface area (Å²) in [6.45, 7) is 5.03. The lowest BCUT2D eigenvalue weighted by molar-refractivity contribution is -0.107. The van der Waals surface area contributed by atoms with Gasteiger partial charge in [0.05, 0.1) is 37.3 Å². The van der Waals surface area contributed by atoms with Gasteiger partial charge in [-0.3, -0.25) is 4.84 Å². The van der Waals surface area contributed by atoms with Crippen molar-refractivity contribution in [1.82, 2.24) is 25.0 Å². The van der Waals surface area contributed by atoms with E-state index in [9.17, 15) is 4.79 Å². The summed E-state index contributed by atoms with van der Waals surface area (Å²) >= 11 is 0. The highest BCUT2D eigenvalue weighted by atomic mass is 16.7. The normalized spacial score (nSPS) is 22.3. The first-order valence-electron chi connectivity index (χ1n) is 5.69. The molecule has 0 aromatic carbocycles. The number of hydrogen-bond donors (Lipinski definition) is 0. The van der Waals surface area contributed by atoms with E-state index >= 15 is 0 Å². The molecule has 1 saturated heterocycles. The monoisotopic (exact) mass is 247 g/mol. The van der Waals surface area contributed by atoms with Gasteiger partial charge in [0.15, 0.2) is 0 Å². The van der Waals surface area contributed by atoms with Crippen LogP contribution in [0.25, 0.3) is 5.70 Å². The summed E-state index contributed by atoms with van der Waals surface area (Å²) in [4.78, 5) is 20.6. The standard InChI is InChI=1S/C11H13N5O2/c1-2-5-18-15-9-6-10(16-12-3-4-13-16)8-14(7-9)11(15)17/h2-4,6,9H,1,5,7-8H2. The molecule has 0 aliphatic carbocycles. The Morgan fingerprint density at radius 3 is 3.00 bits per heavy atom. The number of carbonyl (C=O) groups excluding carboxylic acids is 1. The highest BCUT2D eigenvalue weighted by Gasteiger charge is 2.41. The van der Waals surface area contributed by atoms with E-state index in [0.29, 0.717) is 19.7 Å². The van der Waals surface area contributed by atoms with Gasteiger partial charge in [0.2, 0.25) is 0 Å². The van der Waals surface area contributed by atoms with Gasteiger partial charge in [0, 0.05) is 6.54 Å². The van der Waals surface area contributed by atoms with Gasteiger partial charge in [-0.2, -0.15) is 20.1 Å². The molecule has 1 atom stereocenters. The highest BCUT2D eigenvalue weighted by molar-refractivity contribution is 5.80. The largest absolute Gasteiger partial charge is 0.345 e. The van der Waals surface area contributed by atoms with Crippen LogP contribution >= 0.6 is 0 Å². The molecule has 2 aliphatic rings. The summed E-state index contributed by atoms with van der Waals surface area (Å²) < 4.78 is 0. The van der Waals surface area contributed by atoms with E-state index in [4.69, 9.17) is 4.84 Å². The van der Waals surface area contributed by atoms with E-state index in [2.05, 4.69) is 16.8 Å². The van der Waals surface area contributed by atoms with Crippen LogP contribution in [0.2, 0.25) is 0 Å². The van der Waals surface area contributed by atoms with E-state index in [1.807, 2.05) is 6.08 Å². The van der Waals surface area contributed by atoms with Crippen molar-refractivity contribution < 1.29 is 9.63 Å². The fraction of sp³-hybridized carbons (Fsp3) is 0.364. The SMILES string of the molecule is C=CCON1C(=O)N2CC(n3nccn3)=CC1C2. The minimum Gasteiger partial charge on any atom is -0.314 e. The lowest BCUT2D eigenvalue weighted by Crippen LogP contribution is -2.33. The van der Waals surface area contributed by atoms with E-state index in [-0.39, 0.29) is 12.1 Å². The summed E-state index contributed by atoms with van der Waals surface area (Å²) in [6.07, 6.45) is 6.80. The number of nitrogens with zero attached hydrogens (tertiary/aromatic N) is 5. The van der Waals surface area contributed by atoms with Crippen LogP contribution in [-0.4, -0.2) is 56.7 Å². The van der Waals surface area contributed by atoms with Gasteiger partial charge >= 0.3 is 6.03 Å². The Balaban J connectivity index is 1.83. The Bertz CT molecular complexity index is 496. The number of hydrogen-bond acceptors (Lipinski definition) is 4. The average Bonchev–Trinajstić information content (AvgIpc) is 2.98. The van der Waals surface area contributed by atoms with Gasteiger partial charge in [-0.05, 0) is 6.08 Å². The van der Waals surface area contributed by atoms with E-state index in [0.717, 1.165) is 5.70 Å². The predicted octanol–water partition coefficient (Wildman–Crippen LogP) is 0.356. The molecular formula is C11H13N5O2. The van der Waals surface area contributed by atoms with Crippen molar-refractivity contribution in [3.63, 3.8) is 0 Å². The minimum atomic E-state index is -0.125. The molecule has 1 fully saturated rings. The van der Waals surface area contributed by atoms with Crippen LogP contribution < -0.4 is 0 Å². The van der Waals surface area contributed by atoms with E-state index < -0.39 is 0 Å². The molecule has 1 aromatic rings. The smallest absolute Gasteiger partial charge is 0.314 e. The number of fused-ring (bicyclic) bond motifs is 2. The first-order chi connectivity index (χ1) is 8.79. The van der Waals surface area contributed by atoms with Gasteiger partial charge < -0.3 is 4.90 Å².